The lowest BCUT2D eigenvalue weighted by Gasteiger charge is -2.31. The molecule has 2 saturated carbocycles. The summed E-state index contributed by atoms with van der Waals surface area (Å²) in [5.41, 5.74) is 8.50. The summed E-state index contributed by atoms with van der Waals surface area (Å²) in [6.07, 6.45) is 5.52. The first-order chi connectivity index (χ1) is 14.4. The van der Waals surface area contributed by atoms with E-state index in [4.69, 9.17) is 15.2 Å². The molecule has 4 atom stereocenters. The highest BCUT2D eigenvalue weighted by atomic mass is 16.5. The molecular weight excluding hydrogens is 378 g/mol. The molecule has 1 unspecified atom stereocenters. The third-order valence-electron chi connectivity index (χ3n) is 6.46. The first kappa shape index (κ1) is 19.5. The molecular formula is C23H29N5O2. The summed E-state index contributed by atoms with van der Waals surface area (Å²) >= 11 is 0. The number of anilines is 1. The molecule has 7 nitrogen and oxygen atoms in total. The number of nitrogens with two attached hydrogens (primary N) is 1. The molecule has 0 amide bonds. The second kappa shape index (κ2) is 7.03. The lowest BCUT2D eigenvalue weighted by atomic mass is 10.0. The molecule has 158 valence electrons. The minimum absolute atomic E-state index is 0.0435. The molecule has 0 bridgehead atoms. The van der Waals surface area contributed by atoms with Crippen molar-refractivity contribution in [3.05, 3.63) is 48.5 Å². The first-order valence-electron chi connectivity index (χ1n) is 10.6. The molecule has 2 aliphatic carbocycles. The molecule has 0 aliphatic heterocycles. The number of aromatic nitrogens is 4. The van der Waals surface area contributed by atoms with Crippen molar-refractivity contribution in [2.75, 3.05) is 12.3 Å². The van der Waals surface area contributed by atoms with Crippen molar-refractivity contribution in [2.45, 2.75) is 58.0 Å². The van der Waals surface area contributed by atoms with Crippen molar-refractivity contribution < 1.29 is 9.47 Å². The van der Waals surface area contributed by atoms with E-state index in [1.165, 1.54) is 11.9 Å². The normalized spacial score (nSPS) is 28.0. The summed E-state index contributed by atoms with van der Waals surface area (Å²) in [6.45, 7) is 7.69. The molecule has 2 aromatic heterocycles. The number of ether oxygens (including phenoxy) is 2. The van der Waals surface area contributed by atoms with Gasteiger partial charge in [0.25, 0.3) is 0 Å². The van der Waals surface area contributed by atoms with E-state index < -0.39 is 0 Å². The number of imidazole rings is 1. The van der Waals surface area contributed by atoms with Gasteiger partial charge in [0, 0.05) is 11.5 Å². The zero-order chi connectivity index (χ0) is 20.9. The maximum Gasteiger partial charge on any atom is 0.165 e. The Morgan fingerprint density at radius 2 is 1.97 bits per heavy atom. The van der Waals surface area contributed by atoms with E-state index in [0.717, 1.165) is 18.5 Å². The van der Waals surface area contributed by atoms with Crippen LogP contribution in [0.1, 0.15) is 45.2 Å². The van der Waals surface area contributed by atoms with Gasteiger partial charge in [-0.2, -0.15) is 0 Å². The molecule has 0 saturated heterocycles. The minimum Gasteiger partial charge on any atom is -0.382 e. The van der Waals surface area contributed by atoms with E-state index in [0.29, 0.717) is 30.5 Å². The number of nitrogen functional groups attached to an aromatic ring is 1. The average Bonchev–Trinajstić information content (AvgIpc) is 3.14. The van der Waals surface area contributed by atoms with Gasteiger partial charge in [0.1, 0.15) is 11.8 Å². The van der Waals surface area contributed by atoms with Gasteiger partial charge >= 0.3 is 0 Å². The summed E-state index contributed by atoms with van der Waals surface area (Å²) in [5, 5.41) is 0. The SMILES string of the molecule is CC(C)(C)O[C@H]1C[C@H](n2cnc3c(N)ncnc32)C2C[C@]21COCc1ccccc1. The average molecular weight is 408 g/mol. The fourth-order valence-electron chi connectivity index (χ4n) is 5.06. The van der Waals surface area contributed by atoms with Crippen LogP contribution in [0.25, 0.3) is 11.2 Å². The van der Waals surface area contributed by atoms with Gasteiger partial charge in [-0.25, -0.2) is 15.0 Å². The second-order valence-electron chi connectivity index (χ2n) is 9.63. The summed E-state index contributed by atoms with van der Waals surface area (Å²) in [5.74, 6) is 0.904. The predicted molar refractivity (Wildman–Crippen MR) is 115 cm³/mol. The molecule has 5 rings (SSSR count). The maximum absolute atomic E-state index is 6.55. The van der Waals surface area contributed by atoms with Crippen molar-refractivity contribution in [1.82, 2.24) is 19.5 Å². The van der Waals surface area contributed by atoms with Crippen molar-refractivity contribution >= 4 is 17.0 Å². The molecule has 2 heterocycles. The second-order valence-corrected chi connectivity index (χ2v) is 9.63. The number of hydrogen-bond donors (Lipinski definition) is 1. The molecule has 2 aliphatic rings. The van der Waals surface area contributed by atoms with Crippen LogP contribution in [0.2, 0.25) is 0 Å². The van der Waals surface area contributed by atoms with Gasteiger partial charge in [0.05, 0.1) is 31.2 Å². The van der Waals surface area contributed by atoms with Crippen molar-refractivity contribution in [3.8, 4) is 0 Å². The van der Waals surface area contributed by atoms with Gasteiger partial charge in [-0.1, -0.05) is 30.3 Å². The quantitative estimate of drug-likeness (QED) is 0.669. The molecule has 0 radical (unpaired) electrons. The fraction of sp³-hybridized carbons (Fsp3) is 0.522. The standard InChI is InChI=1S/C23H29N5O2/c1-22(2,3)30-18-9-17(28-14-27-19-20(24)25-13-26-21(19)28)16-10-23(16,18)12-29-11-15-7-5-4-6-8-15/h4-8,13-14,16-18H,9-12H2,1-3H3,(H2,24,25,26)/t16?,17-,18-,23-/m0/s1. The van der Waals surface area contributed by atoms with Gasteiger partial charge in [0.2, 0.25) is 0 Å². The summed E-state index contributed by atoms with van der Waals surface area (Å²) < 4.78 is 14.9. The fourth-order valence-corrected chi connectivity index (χ4v) is 5.06. The third-order valence-corrected chi connectivity index (χ3v) is 6.46. The molecule has 7 heteroatoms. The zero-order valence-electron chi connectivity index (χ0n) is 17.8. The largest absolute Gasteiger partial charge is 0.382 e. The Kier molecular flexibility index (Phi) is 4.56. The van der Waals surface area contributed by atoms with Gasteiger partial charge in [-0.15, -0.1) is 0 Å². The Morgan fingerprint density at radius 1 is 1.17 bits per heavy atom. The number of fused-ring (bicyclic) bond motifs is 2. The molecule has 2 fully saturated rings. The smallest absolute Gasteiger partial charge is 0.165 e. The van der Waals surface area contributed by atoms with Crippen LogP contribution in [0, 0.1) is 11.3 Å². The van der Waals surface area contributed by atoms with Gasteiger partial charge in [-0.05, 0) is 45.1 Å². The lowest BCUT2D eigenvalue weighted by molar-refractivity contribution is -0.104. The summed E-state index contributed by atoms with van der Waals surface area (Å²) in [4.78, 5) is 13.0. The van der Waals surface area contributed by atoms with E-state index in [9.17, 15) is 0 Å². The van der Waals surface area contributed by atoms with E-state index in [1.807, 2.05) is 24.5 Å². The van der Waals surface area contributed by atoms with Crippen molar-refractivity contribution in [1.29, 1.82) is 0 Å². The molecule has 3 aromatic rings. The number of nitrogens with zero attached hydrogens (tertiary/aromatic N) is 4. The molecule has 2 N–H and O–H groups in total. The van der Waals surface area contributed by atoms with Gasteiger partial charge < -0.3 is 19.8 Å². The van der Waals surface area contributed by atoms with Crippen LogP contribution in [-0.2, 0) is 16.1 Å². The van der Waals surface area contributed by atoms with Crippen LogP contribution in [0.3, 0.4) is 0 Å². The Hall–Kier alpha value is -2.51. The predicted octanol–water partition coefficient (Wildman–Crippen LogP) is 3.76. The highest BCUT2D eigenvalue weighted by molar-refractivity contribution is 5.81. The van der Waals surface area contributed by atoms with E-state index in [1.54, 1.807) is 0 Å². The topological polar surface area (TPSA) is 88.1 Å². The lowest BCUT2D eigenvalue weighted by Crippen LogP contribution is -2.35. The third kappa shape index (κ3) is 3.36. The van der Waals surface area contributed by atoms with Crippen LogP contribution in [-0.4, -0.2) is 37.8 Å². The molecule has 0 spiro atoms. The highest BCUT2D eigenvalue weighted by Crippen LogP contribution is 2.69. The van der Waals surface area contributed by atoms with Crippen molar-refractivity contribution in [2.24, 2.45) is 11.3 Å². The summed E-state index contributed by atoms with van der Waals surface area (Å²) in [6, 6.07) is 10.6. The summed E-state index contributed by atoms with van der Waals surface area (Å²) in [7, 11) is 0. The van der Waals surface area contributed by atoms with Crippen molar-refractivity contribution in [3.63, 3.8) is 0 Å². The monoisotopic (exact) mass is 407 g/mol. The van der Waals surface area contributed by atoms with E-state index >= 15 is 0 Å². The minimum atomic E-state index is -0.206. The van der Waals surface area contributed by atoms with E-state index in [2.05, 4.69) is 52.4 Å². The number of hydrogen-bond acceptors (Lipinski definition) is 6. The zero-order valence-corrected chi connectivity index (χ0v) is 17.8. The Morgan fingerprint density at radius 3 is 2.73 bits per heavy atom. The first-order valence-corrected chi connectivity index (χ1v) is 10.6. The van der Waals surface area contributed by atoms with Crippen LogP contribution >= 0.6 is 0 Å². The van der Waals surface area contributed by atoms with Gasteiger partial charge in [-0.3, -0.25) is 0 Å². The number of rotatable bonds is 6. The van der Waals surface area contributed by atoms with E-state index in [-0.39, 0.29) is 23.2 Å². The number of benzene rings is 1. The van der Waals surface area contributed by atoms with Crippen LogP contribution in [0.15, 0.2) is 43.0 Å². The van der Waals surface area contributed by atoms with Crippen LogP contribution in [0.4, 0.5) is 5.82 Å². The maximum atomic E-state index is 6.55. The Balaban J connectivity index is 1.39. The van der Waals surface area contributed by atoms with Gasteiger partial charge in [0.15, 0.2) is 11.5 Å². The Bertz CT molecular complexity index is 1040. The highest BCUT2D eigenvalue weighted by Gasteiger charge is 2.69. The molecule has 30 heavy (non-hydrogen) atoms. The van der Waals surface area contributed by atoms with Crippen LogP contribution in [0.5, 0.6) is 0 Å². The Labute approximate surface area is 176 Å². The molecule has 1 aromatic carbocycles. The van der Waals surface area contributed by atoms with Crippen LogP contribution < -0.4 is 5.73 Å².